The van der Waals surface area contributed by atoms with Gasteiger partial charge in [0.2, 0.25) is 0 Å². The van der Waals surface area contributed by atoms with Gasteiger partial charge in [0.25, 0.3) is 0 Å². The number of carbonyl (C=O) groups is 1. The predicted molar refractivity (Wildman–Crippen MR) is 66.5 cm³/mol. The molecule has 0 amide bonds. The molecule has 0 unspecified atom stereocenters. The largest absolute Gasteiger partial charge is 0.497 e. The van der Waals surface area contributed by atoms with Gasteiger partial charge in [0.15, 0.2) is 0 Å². The van der Waals surface area contributed by atoms with Crippen LogP contribution in [-0.2, 0) is 16.0 Å². The molecule has 2 aromatic rings. The van der Waals surface area contributed by atoms with Crippen molar-refractivity contribution in [3.8, 4) is 5.75 Å². The Morgan fingerprint density at radius 1 is 1.47 bits per heavy atom. The number of hydrogen-bond donors (Lipinski definition) is 0. The van der Waals surface area contributed by atoms with Crippen molar-refractivity contribution >= 4 is 27.5 Å². The molecule has 0 fully saturated rings. The molecule has 0 N–H and O–H groups in total. The highest BCUT2D eigenvalue weighted by Gasteiger charge is 2.10. The van der Waals surface area contributed by atoms with Crippen LogP contribution < -0.4 is 4.74 Å². The summed E-state index contributed by atoms with van der Waals surface area (Å²) in [6.07, 6.45) is 0.232. The van der Waals surface area contributed by atoms with Gasteiger partial charge in [-0.05, 0) is 19.1 Å². The van der Waals surface area contributed by atoms with Gasteiger partial charge in [-0.3, -0.25) is 4.79 Å². The van der Waals surface area contributed by atoms with Gasteiger partial charge in [-0.2, -0.15) is 0 Å². The number of methoxy groups -OCH3 is 1. The molecule has 0 saturated carbocycles. The Balaban J connectivity index is 2.22. The molecule has 0 aliphatic carbocycles. The van der Waals surface area contributed by atoms with Crippen LogP contribution in [0.25, 0.3) is 10.2 Å². The topological polar surface area (TPSA) is 48.4 Å². The van der Waals surface area contributed by atoms with Crippen molar-refractivity contribution in [1.29, 1.82) is 0 Å². The molecule has 0 bridgehead atoms. The van der Waals surface area contributed by atoms with Crippen LogP contribution >= 0.6 is 11.3 Å². The summed E-state index contributed by atoms with van der Waals surface area (Å²) in [4.78, 5) is 15.7. The minimum atomic E-state index is -0.237. The number of thiazole rings is 1. The monoisotopic (exact) mass is 251 g/mol. The Morgan fingerprint density at radius 3 is 3.00 bits per heavy atom. The first-order chi connectivity index (χ1) is 8.22. The summed E-state index contributed by atoms with van der Waals surface area (Å²) >= 11 is 1.50. The molecule has 0 saturated heterocycles. The van der Waals surface area contributed by atoms with E-state index in [9.17, 15) is 4.79 Å². The van der Waals surface area contributed by atoms with E-state index in [4.69, 9.17) is 9.47 Å². The van der Waals surface area contributed by atoms with E-state index in [-0.39, 0.29) is 12.4 Å². The Labute approximate surface area is 103 Å². The molecule has 0 spiro atoms. The van der Waals surface area contributed by atoms with E-state index in [1.807, 2.05) is 18.2 Å². The average molecular weight is 251 g/mol. The third-order valence-corrected chi connectivity index (χ3v) is 3.28. The van der Waals surface area contributed by atoms with Crippen LogP contribution in [-0.4, -0.2) is 24.7 Å². The van der Waals surface area contributed by atoms with Crippen LogP contribution in [0.2, 0.25) is 0 Å². The van der Waals surface area contributed by atoms with Crippen molar-refractivity contribution < 1.29 is 14.3 Å². The molecule has 0 radical (unpaired) electrons. The Morgan fingerprint density at radius 2 is 2.29 bits per heavy atom. The van der Waals surface area contributed by atoms with Crippen molar-refractivity contribution in [2.75, 3.05) is 13.7 Å². The lowest BCUT2D eigenvalue weighted by Gasteiger charge is -1.97. The van der Waals surface area contributed by atoms with E-state index in [0.29, 0.717) is 6.61 Å². The van der Waals surface area contributed by atoms with Crippen LogP contribution in [0.5, 0.6) is 5.75 Å². The molecule has 0 atom stereocenters. The van der Waals surface area contributed by atoms with Crippen LogP contribution in [0.4, 0.5) is 0 Å². The fourth-order valence-corrected chi connectivity index (χ4v) is 2.43. The molecule has 1 aromatic carbocycles. The molecular weight excluding hydrogens is 238 g/mol. The number of esters is 1. The molecule has 1 heterocycles. The molecular formula is C12H13NO3S. The SMILES string of the molecule is CCOC(=O)Cc1nc2cc(OC)ccc2s1. The number of carbonyl (C=O) groups excluding carboxylic acids is 1. The number of nitrogens with zero attached hydrogens (tertiary/aromatic N) is 1. The van der Waals surface area contributed by atoms with Gasteiger partial charge in [0.1, 0.15) is 10.8 Å². The first-order valence-corrected chi connectivity index (χ1v) is 6.13. The highest BCUT2D eigenvalue weighted by molar-refractivity contribution is 7.18. The summed E-state index contributed by atoms with van der Waals surface area (Å²) in [5.74, 6) is 0.531. The second kappa shape index (κ2) is 5.14. The van der Waals surface area contributed by atoms with Crippen LogP contribution in [0.1, 0.15) is 11.9 Å². The van der Waals surface area contributed by atoms with Crippen molar-refractivity contribution in [1.82, 2.24) is 4.98 Å². The van der Waals surface area contributed by atoms with Crippen molar-refractivity contribution in [2.45, 2.75) is 13.3 Å². The Hall–Kier alpha value is -1.62. The van der Waals surface area contributed by atoms with Crippen molar-refractivity contribution in [3.05, 3.63) is 23.2 Å². The van der Waals surface area contributed by atoms with Gasteiger partial charge in [-0.1, -0.05) is 0 Å². The second-order valence-electron chi connectivity index (χ2n) is 3.42. The van der Waals surface area contributed by atoms with Gasteiger partial charge < -0.3 is 9.47 Å². The lowest BCUT2D eigenvalue weighted by Crippen LogP contribution is -2.06. The first kappa shape index (κ1) is 11.9. The maximum absolute atomic E-state index is 11.3. The summed E-state index contributed by atoms with van der Waals surface area (Å²) in [7, 11) is 1.62. The van der Waals surface area contributed by atoms with E-state index in [2.05, 4.69) is 4.98 Å². The van der Waals surface area contributed by atoms with Crippen LogP contribution in [0, 0.1) is 0 Å². The smallest absolute Gasteiger partial charge is 0.312 e. The average Bonchev–Trinajstić information content (AvgIpc) is 2.69. The summed E-state index contributed by atoms with van der Waals surface area (Å²) in [5, 5.41) is 0.770. The van der Waals surface area contributed by atoms with Gasteiger partial charge in [0.05, 0.1) is 30.4 Å². The maximum Gasteiger partial charge on any atom is 0.312 e. The van der Waals surface area contributed by atoms with Crippen molar-refractivity contribution in [2.24, 2.45) is 0 Å². The lowest BCUT2D eigenvalue weighted by atomic mass is 10.3. The molecule has 17 heavy (non-hydrogen) atoms. The van der Waals surface area contributed by atoms with Gasteiger partial charge in [-0.25, -0.2) is 4.98 Å². The second-order valence-corrected chi connectivity index (χ2v) is 4.54. The number of aromatic nitrogens is 1. The Bertz CT molecular complexity index is 536. The van der Waals surface area contributed by atoms with Gasteiger partial charge in [-0.15, -0.1) is 11.3 Å². The van der Waals surface area contributed by atoms with E-state index < -0.39 is 0 Å². The third-order valence-electron chi connectivity index (χ3n) is 2.24. The van der Waals surface area contributed by atoms with Gasteiger partial charge >= 0.3 is 5.97 Å². The zero-order chi connectivity index (χ0) is 12.3. The summed E-state index contributed by atoms with van der Waals surface area (Å²) in [6.45, 7) is 2.19. The van der Waals surface area contributed by atoms with Crippen molar-refractivity contribution in [3.63, 3.8) is 0 Å². The summed E-state index contributed by atoms with van der Waals surface area (Å²) < 4.78 is 11.1. The Kier molecular flexibility index (Phi) is 3.58. The molecule has 1 aromatic heterocycles. The standard InChI is InChI=1S/C12H13NO3S/c1-3-16-12(14)7-11-13-9-6-8(15-2)4-5-10(9)17-11/h4-6H,3,7H2,1-2H3. The zero-order valence-corrected chi connectivity index (χ0v) is 10.5. The fourth-order valence-electron chi connectivity index (χ4n) is 1.49. The van der Waals surface area contributed by atoms with E-state index in [1.165, 1.54) is 11.3 Å². The third kappa shape index (κ3) is 2.74. The highest BCUT2D eigenvalue weighted by atomic mass is 32.1. The zero-order valence-electron chi connectivity index (χ0n) is 9.73. The normalized spacial score (nSPS) is 10.5. The quantitative estimate of drug-likeness (QED) is 0.783. The minimum Gasteiger partial charge on any atom is -0.497 e. The number of benzene rings is 1. The van der Waals surface area contributed by atoms with Gasteiger partial charge in [0, 0.05) is 6.07 Å². The maximum atomic E-state index is 11.3. The lowest BCUT2D eigenvalue weighted by molar-refractivity contribution is -0.142. The number of hydrogen-bond acceptors (Lipinski definition) is 5. The van der Waals surface area contributed by atoms with E-state index >= 15 is 0 Å². The molecule has 0 aliphatic heterocycles. The number of fused-ring (bicyclic) bond motifs is 1. The molecule has 4 nitrogen and oxygen atoms in total. The fraction of sp³-hybridized carbons (Fsp3) is 0.333. The summed E-state index contributed by atoms with van der Waals surface area (Å²) in [6, 6.07) is 5.69. The van der Waals surface area contributed by atoms with Crippen LogP contribution in [0.15, 0.2) is 18.2 Å². The first-order valence-electron chi connectivity index (χ1n) is 5.32. The number of ether oxygens (including phenoxy) is 2. The highest BCUT2D eigenvalue weighted by Crippen LogP contribution is 2.26. The molecule has 5 heteroatoms. The molecule has 2 rings (SSSR count). The molecule has 0 aliphatic rings. The van der Waals surface area contributed by atoms with E-state index in [1.54, 1.807) is 14.0 Å². The number of rotatable bonds is 4. The minimum absolute atomic E-state index is 0.232. The predicted octanol–water partition coefficient (Wildman–Crippen LogP) is 2.41. The van der Waals surface area contributed by atoms with E-state index in [0.717, 1.165) is 21.0 Å². The summed E-state index contributed by atoms with van der Waals surface area (Å²) in [5.41, 5.74) is 0.855. The molecule has 90 valence electrons. The van der Waals surface area contributed by atoms with Crippen LogP contribution in [0.3, 0.4) is 0 Å².